The van der Waals surface area contributed by atoms with E-state index < -0.39 is 0 Å². The van der Waals surface area contributed by atoms with Gasteiger partial charge < -0.3 is 9.84 Å². The highest BCUT2D eigenvalue weighted by Gasteiger charge is 2.14. The van der Waals surface area contributed by atoms with E-state index in [1.807, 2.05) is 12.1 Å². The van der Waals surface area contributed by atoms with Crippen molar-refractivity contribution in [2.24, 2.45) is 0 Å². The van der Waals surface area contributed by atoms with Crippen LogP contribution in [0.4, 0.5) is 0 Å². The molecule has 0 aliphatic carbocycles. The second-order valence-electron chi connectivity index (χ2n) is 4.81. The molecule has 1 fully saturated rings. The van der Waals surface area contributed by atoms with Gasteiger partial charge in [0.15, 0.2) is 0 Å². The summed E-state index contributed by atoms with van der Waals surface area (Å²) in [6, 6.07) is 4.09. The second kappa shape index (κ2) is 6.03. The Morgan fingerprint density at radius 3 is 2.67 bits per heavy atom. The van der Waals surface area contributed by atoms with Crippen LogP contribution in [-0.2, 0) is 17.7 Å². The third-order valence-corrected chi connectivity index (χ3v) is 3.27. The van der Waals surface area contributed by atoms with Crippen LogP contribution in [0.25, 0.3) is 0 Å². The number of allylic oxidation sites excluding steroid dienone is 1. The third kappa shape index (κ3) is 3.12. The predicted octanol–water partition coefficient (Wildman–Crippen LogP) is 2.26. The third-order valence-electron chi connectivity index (χ3n) is 3.27. The van der Waals surface area contributed by atoms with Crippen LogP contribution in [0.1, 0.15) is 16.7 Å². The molecule has 0 spiro atoms. The lowest BCUT2D eigenvalue weighted by atomic mass is 10.0. The maximum absolute atomic E-state index is 10.3. The zero-order chi connectivity index (χ0) is 13.0. The standard InChI is InChI=1S/C15H21NO2/c1-3-4-13-9-12(2)10-14(15(13)17)11-16-5-7-18-8-6-16/h3,9-10,17H,1,4-8,11H2,2H3. The van der Waals surface area contributed by atoms with E-state index in [4.69, 9.17) is 4.74 Å². The molecule has 3 heteroatoms. The first-order valence-corrected chi connectivity index (χ1v) is 6.43. The lowest BCUT2D eigenvalue weighted by Gasteiger charge is -2.27. The summed E-state index contributed by atoms with van der Waals surface area (Å²) in [4.78, 5) is 2.32. The molecule has 2 rings (SSSR count). The van der Waals surface area contributed by atoms with E-state index in [0.717, 1.165) is 44.0 Å². The molecule has 1 heterocycles. The zero-order valence-corrected chi connectivity index (χ0v) is 11.0. The van der Waals surface area contributed by atoms with Gasteiger partial charge in [-0.2, -0.15) is 0 Å². The van der Waals surface area contributed by atoms with E-state index >= 15 is 0 Å². The van der Waals surface area contributed by atoms with Crippen molar-refractivity contribution in [1.29, 1.82) is 0 Å². The van der Waals surface area contributed by atoms with E-state index in [1.165, 1.54) is 5.56 Å². The molecular weight excluding hydrogens is 226 g/mol. The molecule has 1 N–H and O–H groups in total. The molecule has 1 aromatic carbocycles. The number of benzene rings is 1. The number of nitrogens with zero attached hydrogens (tertiary/aromatic N) is 1. The van der Waals surface area contributed by atoms with E-state index in [1.54, 1.807) is 0 Å². The minimum Gasteiger partial charge on any atom is -0.507 e. The van der Waals surface area contributed by atoms with E-state index in [-0.39, 0.29) is 0 Å². The van der Waals surface area contributed by atoms with Crippen molar-refractivity contribution < 1.29 is 9.84 Å². The summed E-state index contributed by atoms with van der Waals surface area (Å²) in [6.07, 6.45) is 2.54. The first kappa shape index (κ1) is 13.1. The summed E-state index contributed by atoms with van der Waals surface area (Å²) in [5.74, 6) is 0.423. The van der Waals surface area contributed by atoms with Crippen molar-refractivity contribution in [2.75, 3.05) is 26.3 Å². The van der Waals surface area contributed by atoms with E-state index in [0.29, 0.717) is 12.2 Å². The van der Waals surface area contributed by atoms with E-state index in [2.05, 4.69) is 24.5 Å². The molecule has 1 aromatic rings. The quantitative estimate of drug-likeness (QED) is 0.828. The number of ether oxygens (including phenoxy) is 1. The largest absolute Gasteiger partial charge is 0.507 e. The van der Waals surface area contributed by atoms with Gasteiger partial charge in [-0.05, 0) is 18.9 Å². The van der Waals surface area contributed by atoms with Crippen LogP contribution in [0.5, 0.6) is 5.75 Å². The molecule has 1 saturated heterocycles. The molecule has 1 aliphatic heterocycles. The van der Waals surface area contributed by atoms with Crippen molar-refractivity contribution in [1.82, 2.24) is 4.90 Å². The number of aromatic hydroxyl groups is 1. The maximum Gasteiger partial charge on any atom is 0.123 e. The van der Waals surface area contributed by atoms with Crippen LogP contribution in [0.2, 0.25) is 0 Å². The molecule has 0 bridgehead atoms. The molecule has 1 aliphatic rings. The van der Waals surface area contributed by atoms with Crippen molar-refractivity contribution in [3.8, 4) is 5.75 Å². The Morgan fingerprint density at radius 1 is 1.33 bits per heavy atom. The Bertz CT molecular complexity index is 423. The van der Waals surface area contributed by atoms with Crippen molar-refractivity contribution in [3.63, 3.8) is 0 Å². The first-order chi connectivity index (χ1) is 8.70. The Hall–Kier alpha value is -1.32. The molecule has 0 amide bonds. The van der Waals surface area contributed by atoms with Crippen LogP contribution in [-0.4, -0.2) is 36.3 Å². The number of hydrogen-bond donors (Lipinski definition) is 1. The second-order valence-corrected chi connectivity index (χ2v) is 4.81. The van der Waals surface area contributed by atoms with Crippen molar-refractivity contribution in [3.05, 3.63) is 41.5 Å². The molecule has 18 heavy (non-hydrogen) atoms. The van der Waals surface area contributed by atoms with Gasteiger partial charge in [-0.1, -0.05) is 23.8 Å². The predicted molar refractivity (Wildman–Crippen MR) is 72.8 cm³/mol. The highest BCUT2D eigenvalue weighted by Crippen LogP contribution is 2.26. The van der Waals surface area contributed by atoms with Crippen LogP contribution in [0, 0.1) is 6.92 Å². The molecule has 0 unspecified atom stereocenters. The molecule has 0 saturated carbocycles. The highest BCUT2D eigenvalue weighted by molar-refractivity contribution is 5.44. The van der Waals surface area contributed by atoms with E-state index in [9.17, 15) is 5.11 Å². The van der Waals surface area contributed by atoms with Gasteiger partial charge in [-0.3, -0.25) is 4.90 Å². The molecule has 0 radical (unpaired) electrons. The molecule has 0 aromatic heterocycles. The SMILES string of the molecule is C=CCc1cc(C)cc(CN2CCOCC2)c1O. The number of phenols is 1. The van der Waals surface area contributed by atoms with Gasteiger partial charge in [0.25, 0.3) is 0 Å². The Morgan fingerprint density at radius 2 is 2.00 bits per heavy atom. The number of hydrogen-bond acceptors (Lipinski definition) is 3. The lowest BCUT2D eigenvalue weighted by molar-refractivity contribution is 0.0338. The monoisotopic (exact) mass is 247 g/mol. The fraction of sp³-hybridized carbons (Fsp3) is 0.467. The summed E-state index contributed by atoms with van der Waals surface area (Å²) in [5, 5.41) is 10.3. The topological polar surface area (TPSA) is 32.7 Å². The van der Waals surface area contributed by atoms with Crippen LogP contribution in [0.3, 0.4) is 0 Å². The van der Waals surface area contributed by atoms with Crippen molar-refractivity contribution in [2.45, 2.75) is 19.9 Å². The average Bonchev–Trinajstić information content (AvgIpc) is 2.36. The van der Waals surface area contributed by atoms with Crippen molar-refractivity contribution >= 4 is 0 Å². The van der Waals surface area contributed by atoms with Gasteiger partial charge in [-0.25, -0.2) is 0 Å². The minimum atomic E-state index is 0.423. The van der Waals surface area contributed by atoms with Gasteiger partial charge in [0, 0.05) is 25.2 Å². The van der Waals surface area contributed by atoms with Crippen LogP contribution < -0.4 is 0 Å². The molecule has 98 valence electrons. The van der Waals surface area contributed by atoms with Gasteiger partial charge in [0.2, 0.25) is 0 Å². The van der Waals surface area contributed by atoms with Gasteiger partial charge in [-0.15, -0.1) is 6.58 Å². The summed E-state index contributed by atoms with van der Waals surface area (Å²) in [7, 11) is 0. The van der Waals surface area contributed by atoms with Crippen LogP contribution in [0.15, 0.2) is 24.8 Å². The summed E-state index contributed by atoms with van der Waals surface area (Å²) < 4.78 is 5.34. The smallest absolute Gasteiger partial charge is 0.123 e. The molecule has 3 nitrogen and oxygen atoms in total. The number of rotatable bonds is 4. The van der Waals surface area contributed by atoms with Crippen LogP contribution >= 0.6 is 0 Å². The lowest BCUT2D eigenvalue weighted by Crippen LogP contribution is -2.35. The number of morpholine rings is 1. The van der Waals surface area contributed by atoms with Gasteiger partial charge in [0.1, 0.15) is 5.75 Å². The fourth-order valence-corrected chi connectivity index (χ4v) is 2.37. The van der Waals surface area contributed by atoms with Gasteiger partial charge in [0.05, 0.1) is 13.2 Å². The minimum absolute atomic E-state index is 0.423. The number of aryl methyl sites for hydroxylation is 1. The Kier molecular flexibility index (Phi) is 4.39. The summed E-state index contributed by atoms with van der Waals surface area (Å²) >= 11 is 0. The Labute approximate surface area is 109 Å². The van der Waals surface area contributed by atoms with Gasteiger partial charge >= 0.3 is 0 Å². The summed E-state index contributed by atoms with van der Waals surface area (Å²) in [6.45, 7) is 10.0. The first-order valence-electron chi connectivity index (χ1n) is 6.43. The zero-order valence-electron chi connectivity index (χ0n) is 11.0. The fourth-order valence-electron chi connectivity index (χ4n) is 2.37. The maximum atomic E-state index is 10.3. The molecule has 0 atom stereocenters. The highest BCUT2D eigenvalue weighted by atomic mass is 16.5. The molecular formula is C15H21NO2. The Balaban J connectivity index is 2.17. The number of phenolic OH excluding ortho intramolecular Hbond substituents is 1. The summed E-state index contributed by atoms with van der Waals surface area (Å²) in [5.41, 5.74) is 3.16. The normalized spacial score (nSPS) is 16.7. The average molecular weight is 247 g/mol.